The molecule has 4 N–H and O–H groups in total. The molecule has 0 aromatic rings. The topological polar surface area (TPSA) is 211 Å². The summed E-state index contributed by atoms with van der Waals surface area (Å²) in [5.74, 6) is -10.3. The van der Waals surface area contributed by atoms with E-state index in [1.165, 1.54) is 27.7 Å². The van der Waals surface area contributed by atoms with Gasteiger partial charge in [-0.05, 0) is 33.1 Å². The van der Waals surface area contributed by atoms with Crippen molar-refractivity contribution in [3.05, 3.63) is 0 Å². The predicted molar refractivity (Wildman–Crippen MR) is 160 cm³/mol. The van der Waals surface area contributed by atoms with Crippen molar-refractivity contribution in [1.82, 2.24) is 0 Å². The van der Waals surface area contributed by atoms with E-state index >= 15 is 0 Å². The quantitative estimate of drug-likeness (QED) is 0.210. The van der Waals surface area contributed by atoms with E-state index in [1.807, 2.05) is 6.92 Å². The fourth-order valence-corrected chi connectivity index (χ4v) is 12.3. The zero-order valence-corrected chi connectivity index (χ0v) is 28.8. The minimum atomic E-state index is -2.15. The Morgan fingerprint density at radius 3 is 2.00 bits per heavy atom. The molecule has 7 rings (SSSR count). The number of Topliss-reactive ketones (excluding diaryl/α,β-unsaturated/α-hetero) is 1. The molecule has 7 aliphatic rings. The minimum absolute atomic E-state index is 0.278. The highest BCUT2D eigenvalue weighted by Gasteiger charge is 2.86. The third kappa shape index (κ3) is 3.78. The zero-order chi connectivity index (χ0) is 35.4. The number of nitrogens with two attached hydrogens (primary N) is 1. The second-order valence-electron chi connectivity index (χ2n) is 16.3. The van der Waals surface area contributed by atoms with Crippen LogP contribution in [0.25, 0.3) is 0 Å². The van der Waals surface area contributed by atoms with Gasteiger partial charge in [0.25, 0.3) is 0 Å². The molecule has 14 heteroatoms. The molecule has 0 aromatic heterocycles. The monoisotopic (exact) mass is 677 g/mol. The van der Waals surface area contributed by atoms with Crippen molar-refractivity contribution < 1.29 is 62.6 Å². The molecule has 0 radical (unpaired) electrons. The van der Waals surface area contributed by atoms with Crippen LogP contribution >= 0.6 is 0 Å². The molecule has 14 nitrogen and oxygen atoms in total. The molecule has 4 saturated carbocycles. The minimum Gasteiger partial charge on any atom is -0.462 e. The molecule has 266 valence electrons. The maximum atomic E-state index is 14.9. The maximum absolute atomic E-state index is 14.9. The molecule has 2 unspecified atom stereocenters. The average Bonchev–Trinajstić information content (AvgIpc) is 3.66. The maximum Gasteiger partial charge on any atom is 0.341 e. The van der Waals surface area contributed by atoms with Gasteiger partial charge in [0, 0.05) is 68.1 Å². The standard InChI is InChI=1S/C34H47NO13/c1-11-18-21(32(7)33(8,42)29(41)48-34(32,9)47-11)25(43-12(2)36)19-17-20(26(44-13(3)37)28(31(18,19)6)45-14(4)38)30(5)15(22(35)23(17)39)10-16-24(46-16)27(30)40/h11,15-22,24-28,40,42H,10,35H2,1-9H3/t11-,15+,16-,17?,18-,19+,20?,21-,22-,24-,25+,26-,27-,28-,30-,31+,32-,33+,34-/m0/s1. The Hall–Kier alpha value is -2.65. The molecule has 4 aliphatic carbocycles. The molecule has 7 fully saturated rings. The Morgan fingerprint density at radius 2 is 1.42 bits per heavy atom. The number of hydrogen-bond donors (Lipinski definition) is 3. The van der Waals surface area contributed by atoms with Crippen LogP contribution in [0.3, 0.4) is 0 Å². The highest BCUT2D eigenvalue weighted by atomic mass is 16.7. The van der Waals surface area contributed by atoms with Gasteiger partial charge in [-0.1, -0.05) is 13.8 Å². The summed E-state index contributed by atoms with van der Waals surface area (Å²) in [6.07, 6.45) is -5.97. The summed E-state index contributed by atoms with van der Waals surface area (Å²) in [6.45, 7) is 13.6. The largest absolute Gasteiger partial charge is 0.462 e. The van der Waals surface area contributed by atoms with Crippen LogP contribution in [0.1, 0.15) is 68.7 Å². The number of fused-ring (bicyclic) bond motifs is 10. The van der Waals surface area contributed by atoms with Crippen molar-refractivity contribution >= 4 is 29.7 Å². The van der Waals surface area contributed by atoms with E-state index < -0.39 is 130 Å². The van der Waals surface area contributed by atoms with Gasteiger partial charge in [-0.15, -0.1) is 0 Å². The lowest BCUT2D eigenvalue weighted by Crippen LogP contribution is -2.75. The van der Waals surface area contributed by atoms with Crippen molar-refractivity contribution in [2.24, 2.45) is 57.5 Å². The van der Waals surface area contributed by atoms with Crippen molar-refractivity contribution in [2.45, 2.75) is 129 Å². The molecule has 19 atom stereocenters. The lowest BCUT2D eigenvalue weighted by molar-refractivity contribution is -0.340. The summed E-state index contributed by atoms with van der Waals surface area (Å²) < 4.78 is 36.7. The summed E-state index contributed by atoms with van der Waals surface area (Å²) in [5, 5.41) is 23.9. The lowest BCUT2D eigenvalue weighted by Gasteiger charge is -2.65. The summed E-state index contributed by atoms with van der Waals surface area (Å²) >= 11 is 0. The fraction of sp³-hybridized carbons (Fsp3) is 0.853. The van der Waals surface area contributed by atoms with Crippen molar-refractivity contribution in [3.8, 4) is 0 Å². The first-order valence-corrected chi connectivity index (χ1v) is 16.9. The number of aliphatic hydroxyl groups is 2. The Labute approximate surface area is 278 Å². The second kappa shape index (κ2) is 9.99. The lowest BCUT2D eigenvalue weighted by atomic mass is 9.41. The molecular formula is C34H47NO13. The summed E-state index contributed by atoms with van der Waals surface area (Å²) in [5.41, 5.74) is 0.571. The van der Waals surface area contributed by atoms with E-state index in [4.69, 9.17) is 34.2 Å². The zero-order valence-electron chi connectivity index (χ0n) is 28.8. The highest BCUT2D eigenvalue weighted by molar-refractivity contribution is 5.89. The van der Waals surface area contributed by atoms with Crippen LogP contribution in [-0.4, -0.2) is 100 Å². The van der Waals surface area contributed by atoms with Gasteiger partial charge in [-0.2, -0.15) is 0 Å². The van der Waals surface area contributed by atoms with Gasteiger partial charge in [-0.3, -0.25) is 19.2 Å². The summed E-state index contributed by atoms with van der Waals surface area (Å²) in [6, 6.07) is -1.06. The van der Waals surface area contributed by atoms with E-state index in [9.17, 15) is 34.2 Å². The molecule has 0 bridgehead atoms. The third-order valence-electron chi connectivity index (χ3n) is 14.4. The molecule has 3 heterocycles. The van der Waals surface area contributed by atoms with Gasteiger partial charge in [0.15, 0.2) is 11.4 Å². The van der Waals surface area contributed by atoms with Crippen LogP contribution in [0.4, 0.5) is 0 Å². The van der Waals surface area contributed by atoms with Crippen LogP contribution in [-0.2, 0) is 52.4 Å². The second-order valence-corrected chi connectivity index (χ2v) is 16.3. The Morgan fingerprint density at radius 1 is 0.854 bits per heavy atom. The Kier molecular flexibility index (Phi) is 7.04. The average molecular weight is 678 g/mol. The van der Waals surface area contributed by atoms with Crippen LogP contribution in [0, 0.1) is 51.8 Å². The normalized spacial score (nSPS) is 57.4. The van der Waals surface area contributed by atoms with E-state index in [0.717, 1.165) is 0 Å². The first-order chi connectivity index (χ1) is 22.1. The smallest absolute Gasteiger partial charge is 0.341 e. The molecule has 3 saturated heterocycles. The van der Waals surface area contributed by atoms with E-state index in [0.29, 0.717) is 6.42 Å². The van der Waals surface area contributed by atoms with Crippen LogP contribution < -0.4 is 5.73 Å². The molecule has 0 amide bonds. The van der Waals surface area contributed by atoms with Gasteiger partial charge < -0.3 is 44.4 Å². The van der Waals surface area contributed by atoms with Crippen LogP contribution in [0.2, 0.25) is 0 Å². The third-order valence-corrected chi connectivity index (χ3v) is 14.4. The molecule has 48 heavy (non-hydrogen) atoms. The first kappa shape index (κ1) is 33.8. The number of esters is 4. The van der Waals surface area contributed by atoms with Gasteiger partial charge in [0.1, 0.15) is 24.4 Å². The molecular weight excluding hydrogens is 630 g/mol. The summed E-state index contributed by atoms with van der Waals surface area (Å²) in [4.78, 5) is 67.3. The van der Waals surface area contributed by atoms with E-state index in [1.54, 1.807) is 27.7 Å². The predicted octanol–water partition coefficient (Wildman–Crippen LogP) is 0.410. The van der Waals surface area contributed by atoms with Crippen molar-refractivity contribution in [3.63, 3.8) is 0 Å². The van der Waals surface area contributed by atoms with Crippen LogP contribution in [0.15, 0.2) is 0 Å². The number of hydrogen-bond acceptors (Lipinski definition) is 14. The van der Waals surface area contributed by atoms with E-state index in [-0.39, 0.29) is 11.9 Å². The first-order valence-electron chi connectivity index (χ1n) is 16.9. The van der Waals surface area contributed by atoms with Gasteiger partial charge in [0.2, 0.25) is 5.79 Å². The fourth-order valence-electron chi connectivity index (χ4n) is 12.3. The number of ketones is 1. The number of rotatable bonds is 3. The number of ether oxygens (including phenoxy) is 6. The summed E-state index contributed by atoms with van der Waals surface area (Å²) in [7, 11) is 0. The number of epoxide rings is 1. The molecule has 3 aliphatic heterocycles. The Balaban J connectivity index is 1.54. The number of carbonyl (C=O) groups excluding carboxylic acids is 5. The van der Waals surface area contributed by atoms with E-state index in [2.05, 4.69) is 0 Å². The molecule has 0 spiro atoms. The molecule has 0 aromatic carbocycles. The van der Waals surface area contributed by atoms with Crippen molar-refractivity contribution in [1.29, 1.82) is 0 Å². The van der Waals surface area contributed by atoms with Crippen molar-refractivity contribution in [2.75, 3.05) is 0 Å². The van der Waals surface area contributed by atoms with Gasteiger partial charge in [-0.25, -0.2) is 4.79 Å². The number of aliphatic hydroxyl groups excluding tert-OH is 1. The number of carbonyl (C=O) groups is 5. The SMILES string of the molecule is CC(=O)O[C@H]1[C@@H]2[C@H]([C@H](C)O[C@@]3(C)OC(=O)[C@@](C)(O)[C@]23C)[C@]2(C)[C@@H]1C1C(=O)[C@@H](N)[C@H]3C[C@@H]4O[C@@H]4[C@H](O)[C@]3(C)C1[C@H](OC(C)=O)[C@@H]2OC(C)=O. The van der Waals surface area contributed by atoms with Gasteiger partial charge >= 0.3 is 23.9 Å². The van der Waals surface area contributed by atoms with Gasteiger partial charge in [0.05, 0.1) is 29.8 Å². The van der Waals surface area contributed by atoms with Crippen LogP contribution in [0.5, 0.6) is 0 Å². The Bertz CT molecular complexity index is 1500. The highest BCUT2D eigenvalue weighted by Crippen LogP contribution is 2.76.